The number of piperidine rings is 1. The number of aromatic nitrogens is 2. The molecule has 0 aliphatic carbocycles. The van der Waals surface area contributed by atoms with Crippen LogP contribution in [-0.2, 0) is 10.3 Å². The Bertz CT molecular complexity index is 666. The lowest BCUT2D eigenvalue weighted by molar-refractivity contribution is -0.126. The van der Waals surface area contributed by atoms with Crippen molar-refractivity contribution in [3.05, 3.63) is 48.3 Å². The summed E-state index contributed by atoms with van der Waals surface area (Å²) in [5.74, 6) is -0.228. The Morgan fingerprint density at radius 2 is 2.09 bits per heavy atom. The summed E-state index contributed by atoms with van der Waals surface area (Å²) < 4.78 is 27.3. The van der Waals surface area contributed by atoms with Crippen molar-refractivity contribution in [3.63, 3.8) is 0 Å². The Morgan fingerprint density at radius 1 is 1.30 bits per heavy atom. The van der Waals surface area contributed by atoms with Crippen molar-refractivity contribution >= 4 is 11.6 Å². The van der Waals surface area contributed by atoms with Crippen molar-refractivity contribution in [2.75, 3.05) is 18.4 Å². The highest BCUT2D eigenvalue weighted by molar-refractivity contribution is 5.96. The minimum Gasteiger partial charge on any atom is -0.324 e. The van der Waals surface area contributed by atoms with E-state index in [-0.39, 0.29) is 11.5 Å². The van der Waals surface area contributed by atoms with Crippen molar-refractivity contribution in [1.29, 1.82) is 0 Å². The topological polar surface area (TPSA) is 59.0 Å². The normalized spacial score (nSPS) is 17.2. The maximum Gasteiger partial charge on any atom is 0.263 e. The van der Waals surface area contributed by atoms with E-state index >= 15 is 0 Å². The molecule has 1 aromatic carbocycles. The Kier molecular flexibility index (Phi) is 4.38. The second kappa shape index (κ2) is 6.45. The number of hydrogen-bond donors (Lipinski definition) is 2. The summed E-state index contributed by atoms with van der Waals surface area (Å²) in [6, 6.07) is 7.55. The summed E-state index contributed by atoms with van der Waals surface area (Å²) in [4.78, 5) is 12.9. The lowest BCUT2D eigenvalue weighted by atomic mass is 9.87. The zero-order chi connectivity index (χ0) is 16.3. The molecule has 7 heteroatoms. The number of rotatable bonds is 4. The van der Waals surface area contributed by atoms with Gasteiger partial charge in [-0.05, 0) is 44.1 Å². The molecule has 2 N–H and O–H groups in total. The van der Waals surface area contributed by atoms with Gasteiger partial charge in [-0.3, -0.25) is 9.48 Å². The minimum atomic E-state index is -2.56. The Labute approximate surface area is 132 Å². The van der Waals surface area contributed by atoms with E-state index in [0.717, 1.165) is 0 Å². The molecule has 1 aromatic heterocycles. The largest absolute Gasteiger partial charge is 0.324 e. The first-order valence-electron chi connectivity index (χ1n) is 7.52. The van der Waals surface area contributed by atoms with Crippen molar-refractivity contribution in [3.8, 4) is 0 Å². The summed E-state index contributed by atoms with van der Waals surface area (Å²) in [7, 11) is 0. The molecule has 2 heterocycles. The number of carbonyl (C=O) groups is 1. The van der Waals surface area contributed by atoms with E-state index in [2.05, 4.69) is 15.7 Å². The van der Waals surface area contributed by atoms with Gasteiger partial charge in [-0.25, -0.2) is 8.78 Å². The second-order valence-corrected chi connectivity index (χ2v) is 5.61. The molecular formula is C16H18F2N4O. The number of hydrogen-bond acceptors (Lipinski definition) is 3. The number of anilines is 1. The van der Waals surface area contributed by atoms with E-state index in [0.29, 0.717) is 31.6 Å². The van der Waals surface area contributed by atoms with Crippen LogP contribution in [0.25, 0.3) is 0 Å². The van der Waals surface area contributed by atoms with Gasteiger partial charge in [0.05, 0.1) is 0 Å². The second-order valence-electron chi connectivity index (χ2n) is 5.61. The van der Waals surface area contributed by atoms with Gasteiger partial charge < -0.3 is 10.6 Å². The van der Waals surface area contributed by atoms with Gasteiger partial charge in [0.15, 0.2) is 0 Å². The van der Waals surface area contributed by atoms with Gasteiger partial charge >= 0.3 is 0 Å². The minimum absolute atomic E-state index is 0.110. The standard InChI is InChI=1S/C16H18F2N4O/c17-14(18)12-3-1-4-13(11-12)21-15(23)16(5-8-19-9-6-16)22-10-2-7-20-22/h1-4,7,10-11,14,19H,5-6,8-9H2,(H,21,23). The molecule has 0 saturated carbocycles. The van der Waals surface area contributed by atoms with E-state index in [4.69, 9.17) is 0 Å². The first-order valence-corrected chi connectivity index (χ1v) is 7.52. The predicted molar refractivity (Wildman–Crippen MR) is 82.3 cm³/mol. The van der Waals surface area contributed by atoms with Crippen LogP contribution in [0.2, 0.25) is 0 Å². The molecule has 0 bridgehead atoms. The van der Waals surface area contributed by atoms with E-state index in [1.165, 1.54) is 18.2 Å². The Morgan fingerprint density at radius 3 is 2.74 bits per heavy atom. The third-order valence-electron chi connectivity index (χ3n) is 4.19. The number of alkyl halides is 2. The number of nitrogens with zero attached hydrogens (tertiary/aromatic N) is 2. The van der Waals surface area contributed by atoms with Crippen LogP contribution in [0.4, 0.5) is 14.5 Å². The van der Waals surface area contributed by atoms with Crippen LogP contribution in [0.5, 0.6) is 0 Å². The summed E-state index contributed by atoms with van der Waals surface area (Å²) in [6.45, 7) is 1.40. The van der Waals surface area contributed by atoms with Gasteiger partial charge in [0.2, 0.25) is 0 Å². The third-order valence-corrected chi connectivity index (χ3v) is 4.19. The first kappa shape index (κ1) is 15.6. The lowest BCUT2D eigenvalue weighted by Gasteiger charge is -2.36. The molecule has 5 nitrogen and oxygen atoms in total. The zero-order valence-electron chi connectivity index (χ0n) is 12.5. The number of amides is 1. The number of nitrogens with one attached hydrogen (secondary N) is 2. The molecule has 0 atom stereocenters. The van der Waals surface area contributed by atoms with Crippen LogP contribution in [0.3, 0.4) is 0 Å². The molecule has 1 amide bonds. The molecular weight excluding hydrogens is 302 g/mol. The van der Waals surface area contributed by atoms with Crippen molar-refractivity contribution in [2.24, 2.45) is 0 Å². The quantitative estimate of drug-likeness (QED) is 0.910. The molecule has 23 heavy (non-hydrogen) atoms. The fourth-order valence-corrected chi connectivity index (χ4v) is 2.92. The fourth-order valence-electron chi connectivity index (χ4n) is 2.92. The Hall–Kier alpha value is -2.28. The predicted octanol–water partition coefficient (Wildman–Crippen LogP) is 2.54. The smallest absolute Gasteiger partial charge is 0.263 e. The molecule has 122 valence electrons. The number of benzene rings is 1. The summed E-state index contributed by atoms with van der Waals surface area (Å²) in [5.41, 5.74) is -0.533. The third kappa shape index (κ3) is 3.10. The molecule has 1 aliphatic rings. The van der Waals surface area contributed by atoms with Crippen LogP contribution in [0, 0.1) is 0 Å². The molecule has 1 saturated heterocycles. The summed E-state index contributed by atoms with van der Waals surface area (Å²) in [6.07, 6.45) is 2.02. The van der Waals surface area contributed by atoms with Gasteiger partial charge in [0.25, 0.3) is 12.3 Å². The molecule has 3 rings (SSSR count). The molecule has 0 spiro atoms. The number of halogens is 2. The van der Waals surface area contributed by atoms with Crippen LogP contribution in [-0.4, -0.2) is 28.8 Å². The van der Waals surface area contributed by atoms with Gasteiger partial charge in [-0.15, -0.1) is 0 Å². The van der Waals surface area contributed by atoms with Gasteiger partial charge in [-0.1, -0.05) is 12.1 Å². The van der Waals surface area contributed by atoms with Crippen LogP contribution in [0.1, 0.15) is 24.8 Å². The SMILES string of the molecule is O=C(Nc1cccc(C(F)F)c1)C1(n2cccn2)CCNCC1. The molecule has 1 aliphatic heterocycles. The maximum absolute atomic E-state index is 12.9. The molecule has 0 radical (unpaired) electrons. The van der Waals surface area contributed by atoms with Gasteiger partial charge in [0, 0.05) is 23.6 Å². The van der Waals surface area contributed by atoms with Gasteiger partial charge in [0.1, 0.15) is 5.54 Å². The molecule has 1 fully saturated rings. The van der Waals surface area contributed by atoms with Crippen molar-refractivity contribution in [1.82, 2.24) is 15.1 Å². The van der Waals surface area contributed by atoms with E-state index < -0.39 is 12.0 Å². The molecule has 2 aromatic rings. The average molecular weight is 320 g/mol. The average Bonchev–Trinajstić information content (AvgIpc) is 3.10. The van der Waals surface area contributed by atoms with E-state index in [1.807, 2.05) is 0 Å². The highest BCUT2D eigenvalue weighted by atomic mass is 19.3. The summed E-state index contributed by atoms with van der Waals surface area (Å²) in [5, 5.41) is 10.2. The van der Waals surface area contributed by atoms with E-state index in [1.54, 1.807) is 29.2 Å². The molecule has 0 unspecified atom stereocenters. The summed E-state index contributed by atoms with van der Waals surface area (Å²) >= 11 is 0. The lowest BCUT2D eigenvalue weighted by Crippen LogP contribution is -2.52. The monoisotopic (exact) mass is 320 g/mol. The van der Waals surface area contributed by atoms with Crippen molar-refractivity contribution in [2.45, 2.75) is 24.8 Å². The first-order chi connectivity index (χ1) is 11.1. The maximum atomic E-state index is 12.9. The highest BCUT2D eigenvalue weighted by Crippen LogP contribution is 2.29. The van der Waals surface area contributed by atoms with Crippen LogP contribution < -0.4 is 10.6 Å². The Balaban J connectivity index is 1.86. The van der Waals surface area contributed by atoms with Crippen LogP contribution in [0.15, 0.2) is 42.7 Å². The van der Waals surface area contributed by atoms with Gasteiger partial charge in [-0.2, -0.15) is 5.10 Å². The highest BCUT2D eigenvalue weighted by Gasteiger charge is 2.42. The zero-order valence-corrected chi connectivity index (χ0v) is 12.5. The van der Waals surface area contributed by atoms with Crippen molar-refractivity contribution < 1.29 is 13.6 Å². The fraction of sp³-hybridized carbons (Fsp3) is 0.375. The van der Waals surface area contributed by atoms with Crippen LogP contribution >= 0.6 is 0 Å². The number of carbonyl (C=O) groups excluding carboxylic acids is 1. The van der Waals surface area contributed by atoms with E-state index in [9.17, 15) is 13.6 Å².